The molecule has 2 N–H and O–H groups in total. The maximum atomic E-state index is 13.6. The smallest absolute Gasteiger partial charge is 0.411 e. The Morgan fingerprint density at radius 1 is 1.21 bits per heavy atom. The van der Waals surface area contributed by atoms with Crippen LogP contribution in [0, 0.1) is 11.3 Å². The van der Waals surface area contributed by atoms with Crippen LogP contribution in [-0.4, -0.2) is 79.4 Å². The summed E-state index contributed by atoms with van der Waals surface area (Å²) in [4.78, 5) is 45.6. The van der Waals surface area contributed by atoms with E-state index in [4.69, 9.17) is 14.2 Å². The van der Waals surface area contributed by atoms with Crippen molar-refractivity contribution in [3.63, 3.8) is 0 Å². The van der Waals surface area contributed by atoms with Gasteiger partial charge in [-0.2, -0.15) is 0 Å². The summed E-state index contributed by atoms with van der Waals surface area (Å²) in [5.41, 5.74) is -1.93. The maximum Gasteiger partial charge on any atom is 0.411 e. The minimum Gasteiger partial charge on any atom is -0.497 e. The fourth-order valence-electron chi connectivity index (χ4n) is 5.40. The number of ether oxygens (including phenoxy) is 3. The van der Waals surface area contributed by atoms with Crippen molar-refractivity contribution in [2.75, 3.05) is 20.2 Å². The first-order valence-electron chi connectivity index (χ1n) is 14.3. The Hall–Kier alpha value is -3.87. The molecular formula is C30H38N4O8S. The van der Waals surface area contributed by atoms with Gasteiger partial charge in [0.2, 0.25) is 27.7 Å². The van der Waals surface area contributed by atoms with Crippen LogP contribution in [0.25, 0.3) is 10.8 Å². The van der Waals surface area contributed by atoms with Crippen molar-refractivity contribution in [3.05, 3.63) is 43.1 Å². The van der Waals surface area contributed by atoms with Crippen LogP contribution in [0.15, 0.2) is 43.1 Å². The van der Waals surface area contributed by atoms with Crippen molar-refractivity contribution in [2.45, 2.75) is 69.5 Å². The average Bonchev–Trinajstić information content (AvgIpc) is 3.87. The van der Waals surface area contributed by atoms with Crippen molar-refractivity contribution < 1.29 is 37.0 Å². The Morgan fingerprint density at radius 3 is 2.58 bits per heavy atom. The number of allylic oxidation sites excluding steroid dienone is 1. The lowest BCUT2D eigenvalue weighted by molar-refractivity contribution is -0.127. The SMILES string of the molecule is C=CC1CC1(CNC(=O)C1C[C@@H](Oc2nccc3ccc(OC)cc23)CN1C(=O)OC(C)(C)C)C(=O)NS(=O)(=O)C1CC1. The zero-order valence-corrected chi connectivity index (χ0v) is 25.6. The van der Waals surface area contributed by atoms with Gasteiger partial charge < -0.3 is 19.5 Å². The van der Waals surface area contributed by atoms with E-state index in [0.717, 1.165) is 10.8 Å². The second-order valence-electron chi connectivity index (χ2n) is 12.4. The summed E-state index contributed by atoms with van der Waals surface area (Å²) >= 11 is 0. The summed E-state index contributed by atoms with van der Waals surface area (Å²) < 4.78 is 44.2. The number of nitrogens with zero attached hydrogens (tertiary/aromatic N) is 2. The predicted molar refractivity (Wildman–Crippen MR) is 158 cm³/mol. The van der Waals surface area contributed by atoms with Gasteiger partial charge in [0, 0.05) is 24.5 Å². The number of methoxy groups -OCH3 is 1. The van der Waals surface area contributed by atoms with E-state index in [-0.39, 0.29) is 25.4 Å². The van der Waals surface area contributed by atoms with Crippen LogP contribution in [0.5, 0.6) is 11.6 Å². The summed E-state index contributed by atoms with van der Waals surface area (Å²) in [5, 5.41) is 3.85. The molecular weight excluding hydrogens is 576 g/mol. The fraction of sp³-hybridized carbons (Fsp3) is 0.533. The van der Waals surface area contributed by atoms with Gasteiger partial charge in [-0.3, -0.25) is 19.2 Å². The normalized spacial score (nSPS) is 25.1. The maximum absolute atomic E-state index is 13.6. The Balaban J connectivity index is 1.32. The van der Waals surface area contributed by atoms with E-state index in [0.29, 0.717) is 30.9 Å². The molecule has 12 nitrogen and oxygen atoms in total. The minimum absolute atomic E-state index is 0.0651. The lowest BCUT2D eigenvalue weighted by Gasteiger charge is -2.28. The Kier molecular flexibility index (Phi) is 8.05. The van der Waals surface area contributed by atoms with Crippen molar-refractivity contribution in [1.82, 2.24) is 19.9 Å². The fourth-order valence-corrected chi connectivity index (χ4v) is 6.78. The number of amides is 3. The van der Waals surface area contributed by atoms with E-state index in [1.165, 1.54) is 4.90 Å². The van der Waals surface area contributed by atoms with E-state index in [1.54, 1.807) is 40.2 Å². The van der Waals surface area contributed by atoms with Gasteiger partial charge in [-0.25, -0.2) is 18.2 Å². The number of fused-ring (bicyclic) bond motifs is 1. The zero-order chi connectivity index (χ0) is 31.2. The second-order valence-corrected chi connectivity index (χ2v) is 14.4. The summed E-state index contributed by atoms with van der Waals surface area (Å²) in [6.45, 7) is 8.92. The molecule has 2 aliphatic carbocycles. The first kappa shape index (κ1) is 30.6. The molecule has 0 spiro atoms. The number of carbonyl (C=O) groups excluding carboxylic acids is 3. The van der Waals surface area contributed by atoms with Crippen LogP contribution in [0.1, 0.15) is 46.5 Å². The molecule has 13 heteroatoms. The number of aromatic nitrogens is 1. The monoisotopic (exact) mass is 614 g/mol. The molecule has 0 bridgehead atoms. The number of pyridine rings is 1. The number of hydrogen-bond donors (Lipinski definition) is 2. The van der Waals surface area contributed by atoms with Gasteiger partial charge in [0.05, 0.1) is 24.3 Å². The number of sulfonamides is 1. The Labute approximate surface area is 251 Å². The van der Waals surface area contributed by atoms with Crippen LogP contribution in [0.4, 0.5) is 4.79 Å². The highest BCUT2D eigenvalue weighted by molar-refractivity contribution is 7.90. The first-order chi connectivity index (χ1) is 20.3. The molecule has 3 aliphatic rings. The average molecular weight is 615 g/mol. The van der Waals surface area contributed by atoms with Crippen molar-refractivity contribution in [1.29, 1.82) is 0 Å². The number of benzene rings is 1. The van der Waals surface area contributed by atoms with Crippen LogP contribution in [0.2, 0.25) is 0 Å². The highest BCUT2D eigenvalue weighted by atomic mass is 32.2. The third-order valence-electron chi connectivity index (χ3n) is 8.06. The standard InChI is InChI=1S/C30H38N4O8S/c1-6-19-15-30(19,27(36)33-43(38,39)22-9-10-22)17-32-25(35)24-14-21(16-34(24)28(37)42-29(2,3)4)41-26-23-13-20(40-5)8-7-18(23)11-12-31-26/h6-8,11-13,19,21-22,24H,1,9-10,14-17H2,2-5H3,(H,32,35)(H,33,36)/t19?,21-,24?,30?/m1/s1. The molecule has 2 heterocycles. The molecule has 5 rings (SSSR count). The topological polar surface area (TPSA) is 153 Å². The number of rotatable bonds is 10. The van der Waals surface area contributed by atoms with E-state index >= 15 is 0 Å². The summed E-state index contributed by atoms with van der Waals surface area (Å²) in [5.74, 6) is -0.482. The molecule has 3 unspecified atom stereocenters. The van der Waals surface area contributed by atoms with Gasteiger partial charge in [-0.05, 0) is 69.5 Å². The van der Waals surface area contributed by atoms with Gasteiger partial charge in [0.25, 0.3) is 0 Å². The predicted octanol–water partition coefficient (Wildman–Crippen LogP) is 2.92. The molecule has 3 amide bonds. The van der Waals surface area contributed by atoms with E-state index < -0.39 is 56.3 Å². The summed E-state index contributed by atoms with van der Waals surface area (Å²) in [6.07, 6.45) is 3.48. The van der Waals surface area contributed by atoms with E-state index in [2.05, 4.69) is 21.6 Å². The lowest BCUT2D eigenvalue weighted by atomic mass is 10.0. The molecule has 2 aromatic rings. The number of carbonyl (C=O) groups is 3. The highest BCUT2D eigenvalue weighted by Gasteiger charge is 2.60. The number of hydrogen-bond acceptors (Lipinski definition) is 9. The molecule has 43 heavy (non-hydrogen) atoms. The van der Waals surface area contributed by atoms with Gasteiger partial charge in [-0.15, -0.1) is 6.58 Å². The molecule has 232 valence electrons. The number of nitrogens with one attached hydrogen (secondary N) is 2. The molecule has 4 atom stereocenters. The highest BCUT2D eigenvalue weighted by Crippen LogP contribution is 2.53. The molecule has 2 saturated carbocycles. The minimum atomic E-state index is -3.76. The van der Waals surface area contributed by atoms with Gasteiger partial charge >= 0.3 is 6.09 Å². The van der Waals surface area contributed by atoms with Crippen LogP contribution < -0.4 is 19.5 Å². The molecule has 1 saturated heterocycles. The molecule has 1 aromatic heterocycles. The van der Waals surface area contributed by atoms with Crippen LogP contribution in [-0.2, 0) is 24.3 Å². The van der Waals surface area contributed by atoms with Crippen LogP contribution in [0.3, 0.4) is 0 Å². The van der Waals surface area contributed by atoms with E-state index in [1.807, 2.05) is 24.3 Å². The first-order valence-corrected chi connectivity index (χ1v) is 15.9. The van der Waals surface area contributed by atoms with Crippen LogP contribution >= 0.6 is 0 Å². The van der Waals surface area contributed by atoms with Gasteiger partial charge in [0.1, 0.15) is 23.5 Å². The quantitative estimate of drug-likeness (QED) is 0.385. The third-order valence-corrected chi connectivity index (χ3v) is 9.87. The molecule has 3 fully saturated rings. The largest absolute Gasteiger partial charge is 0.497 e. The second kappa shape index (κ2) is 11.3. The van der Waals surface area contributed by atoms with Crippen molar-refractivity contribution >= 4 is 38.7 Å². The Morgan fingerprint density at radius 2 is 1.95 bits per heavy atom. The van der Waals surface area contributed by atoms with E-state index in [9.17, 15) is 22.8 Å². The summed E-state index contributed by atoms with van der Waals surface area (Å²) in [7, 11) is -2.19. The van der Waals surface area contributed by atoms with Gasteiger partial charge in [-0.1, -0.05) is 12.1 Å². The molecule has 1 aromatic carbocycles. The molecule has 1 aliphatic heterocycles. The lowest BCUT2D eigenvalue weighted by Crippen LogP contribution is -2.50. The summed E-state index contributed by atoms with van der Waals surface area (Å²) in [6, 6.07) is 6.41. The van der Waals surface area contributed by atoms with Crippen molar-refractivity contribution in [3.8, 4) is 11.6 Å². The van der Waals surface area contributed by atoms with Crippen molar-refractivity contribution in [2.24, 2.45) is 11.3 Å². The Bertz CT molecular complexity index is 1550. The molecule has 0 radical (unpaired) electrons. The van der Waals surface area contributed by atoms with Gasteiger partial charge in [0.15, 0.2) is 0 Å². The zero-order valence-electron chi connectivity index (χ0n) is 24.8. The third kappa shape index (κ3) is 6.56. The number of likely N-dealkylation sites (tertiary alicyclic amines) is 1.